The van der Waals surface area contributed by atoms with E-state index in [-0.39, 0.29) is 11.3 Å². The van der Waals surface area contributed by atoms with Gasteiger partial charge in [0.05, 0.1) is 11.7 Å². The molecule has 1 atom stereocenters. The van der Waals surface area contributed by atoms with Gasteiger partial charge < -0.3 is 15.8 Å². The molecule has 0 saturated carbocycles. The Morgan fingerprint density at radius 1 is 1.63 bits per heavy atom. The molecule has 1 rings (SSSR count). The smallest absolute Gasteiger partial charge is 0.241 e. The summed E-state index contributed by atoms with van der Waals surface area (Å²) < 4.78 is 18.2. The Kier molecular flexibility index (Phi) is 5.93. The molecule has 1 aromatic rings. The van der Waals surface area contributed by atoms with E-state index in [0.717, 1.165) is 6.07 Å². The third kappa shape index (κ3) is 4.32. The Labute approximate surface area is 111 Å². The summed E-state index contributed by atoms with van der Waals surface area (Å²) >= 11 is 0. The predicted octanol–water partition coefficient (Wildman–Crippen LogP) is 1.39. The zero-order valence-electron chi connectivity index (χ0n) is 10.6. The van der Waals surface area contributed by atoms with Crippen molar-refractivity contribution in [3.05, 3.63) is 29.6 Å². The maximum absolute atomic E-state index is 13.3. The lowest BCUT2D eigenvalue weighted by atomic mass is 10.1. The van der Waals surface area contributed by atoms with Crippen molar-refractivity contribution < 1.29 is 13.9 Å². The number of rotatable bonds is 6. The minimum Gasteiger partial charge on any atom is -0.385 e. The third-order valence-electron chi connectivity index (χ3n) is 2.58. The summed E-state index contributed by atoms with van der Waals surface area (Å²) in [5, 5.41) is 11.3. The number of methoxy groups -OCH3 is 1. The van der Waals surface area contributed by atoms with E-state index < -0.39 is 17.8 Å². The van der Waals surface area contributed by atoms with Crippen molar-refractivity contribution in [3.8, 4) is 6.07 Å². The largest absolute Gasteiger partial charge is 0.385 e. The second kappa shape index (κ2) is 7.46. The van der Waals surface area contributed by atoms with Gasteiger partial charge in [0.1, 0.15) is 17.4 Å². The molecular weight excluding hydrogens is 249 g/mol. The average molecular weight is 265 g/mol. The molecule has 1 aromatic carbocycles. The highest BCUT2D eigenvalue weighted by Crippen LogP contribution is 2.18. The number of amides is 1. The number of carbonyl (C=O) groups excluding carboxylic acids is 1. The van der Waals surface area contributed by atoms with Gasteiger partial charge in [-0.15, -0.1) is 0 Å². The van der Waals surface area contributed by atoms with Crippen LogP contribution in [-0.4, -0.2) is 25.7 Å². The highest BCUT2D eigenvalue weighted by atomic mass is 19.1. The molecule has 19 heavy (non-hydrogen) atoms. The van der Waals surface area contributed by atoms with Crippen LogP contribution in [0.3, 0.4) is 0 Å². The van der Waals surface area contributed by atoms with Crippen LogP contribution in [0.5, 0.6) is 0 Å². The SMILES string of the molecule is COCCCC(N)C(=O)Nc1cccc(F)c1C#N. The van der Waals surface area contributed by atoms with E-state index in [0.29, 0.717) is 19.4 Å². The van der Waals surface area contributed by atoms with Gasteiger partial charge in [-0.25, -0.2) is 4.39 Å². The third-order valence-corrected chi connectivity index (χ3v) is 2.58. The summed E-state index contributed by atoms with van der Waals surface area (Å²) in [5.74, 6) is -1.12. The molecule has 6 heteroatoms. The molecule has 3 N–H and O–H groups in total. The topological polar surface area (TPSA) is 88.1 Å². The number of hydrogen-bond acceptors (Lipinski definition) is 4. The molecule has 0 bridgehead atoms. The number of nitrogens with two attached hydrogens (primary N) is 1. The van der Waals surface area contributed by atoms with E-state index in [1.807, 2.05) is 0 Å². The van der Waals surface area contributed by atoms with Crippen molar-refractivity contribution in [3.63, 3.8) is 0 Å². The van der Waals surface area contributed by atoms with E-state index >= 15 is 0 Å². The van der Waals surface area contributed by atoms with Crippen LogP contribution in [-0.2, 0) is 9.53 Å². The standard InChI is InChI=1S/C13H16FN3O2/c1-19-7-3-5-11(16)13(18)17-12-6-2-4-10(14)9(12)8-15/h2,4,6,11H,3,5,7,16H2,1H3,(H,17,18). The molecule has 0 spiro atoms. The van der Waals surface area contributed by atoms with Crippen molar-refractivity contribution in [1.82, 2.24) is 0 Å². The second-order valence-corrected chi connectivity index (χ2v) is 4.00. The molecule has 0 radical (unpaired) electrons. The van der Waals surface area contributed by atoms with Gasteiger partial charge in [-0.3, -0.25) is 4.79 Å². The highest BCUT2D eigenvalue weighted by Gasteiger charge is 2.16. The highest BCUT2D eigenvalue weighted by molar-refractivity contribution is 5.95. The monoisotopic (exact) mass is 265 g/mol. The number of ether oxygens (including phenoxy) is 1. The molecule has 0 saturated heterocycles. The Hall–Kier alpha value is -1.97. The Bertz CT molecular complexity index is 485. The predicted molar refractivity (Wildman–Crippen MR) is 68.8 cm³/mol. The summed E-state index contributed by atoms with van der Waals surface area (Å²) in [4.78, 5) is 11.8. The lowest BCUT2D eigenvalue weighted by Gasteiger charge is -2.13. The van der Waals surface area contributed by atoms with E-state index in [9.17, 15) is 9.18 Å². The summed E-state index contributed by atoms with van der Waals surface area (Å²) in [6.45, 7) is 0.518. The molecule has 5 nitrogen and oxygen atoms in total. The van der Waals surface area contributed by atoms with Crippen molar-refractivity contribution in [2.75, 3.05) is 19.0 Å². The first-order valence-corrected chi connectivity index (χ1v) is 5.84. The van der Waals surface area contributed by atoms with Crippen molar-refractivity contribution in [2.24, 2.45) is 5.73 Å². The fourth-order valence-electron chi connectivity index (χ4n) is 1.55. The van der Waals surface area contributed by atoms with E-state index in [1.165, 1.54) is 12.1 Å². The molecule has 0 fully saturated rings. The molecule has 1 unspecified atom stereocenters. The van der Waals surface area contributed by atoms with E-state index in [4.69, 9.17) is 15.7 Å². The van der Waals surface area contributed by atoms with Gasteiger partial charge >= 0.3 is 0 Å². The summed E-state index contributed by atoms with van der Waals surface area (Å²) in [6, 6.07) is 5.03. The van der Waals surface area contributed by atoms with E-state index in [2.05, 4.69) is 5.32 Å². The zero-order chi connectivity index (χ0) is 14.3. The van der Waals surface area contributed by atoms with Crippen molar-refractivity contribution in [1.29, 1.82) is 5.26 Å². The van der Waals surface area contributed by atoms with Crippen LogP contribution in [0.2, 0.25) is 0 Å². The lowest BCUT2D eigenvalue weighted by Crippen LogP contribution is -2.36. The van der Waals surface area contributed by atoms with E-state index in [1.54, 1.807) is 13.2 Å². The molecular formula is C13H16FN3O2. The first-order chi connectivity index (χ1) is 9.10. The molecule has 0 aliphatic rings. The number of benzene rings is 1. The number of anilines is 1. The molecule has 0 aromatic heterocycles. The van der Waals surface area contributed by atoms with Gasteiger partial charge in [0.2, 0.25) is 5.91 Å². The molecule has 1 amide bonds. The van der Waals surface area contributed by atoms with Crippen LogP contribution in [0.15, 0.2) is 18.2 Å². The van der Waals surface area contributed by atoms with Crippen LogP contribution in [0.25, 0.3) is 0 Å². The zero-order valence-corrected chi connectivity index (χ0v) is 10.6. The summed E-state index contributed by atoms with van der Waals surface area (Å²) in [7, 11) is 1.57. The number of hydrogen-bond donors (Lipinski definition) is 2. The van der Waals surface area contributed by atoms with Gasteiger partial charge in [0.25, 0.3) is 0 Å². The van der Waals surface area contributed by atoms with Crippen molar-refractivity contribution in [2.45, 2.75) is 18.9 Å². The number of carbonyl (C=O) groups is 1. The summed E-state index contributed by atoms with van der Waals surface area (Å²) in [6.07, 6.45) is 1.11. The van der Waals surface area contributed by atoms with Gasteiger partial charge in [-0.1, -0.05) is 6.07 Å². The van der Waals surface area contributed by atoms with Gasteiger partial charge in [0.15, 0.2) is 0 Å². The molecule has 0 heterocycles. The Balaban J connectivity index is 2.67. The van der Waals surface area contributed by atoms with Crippen LogP contribution in [0, 0.1) is 17.1 Å². The van der Waals surface area contributed by atoms with Gasteiger partial charge in [-0.2, -0.15) is 5.26 Å². The number of halogens is 1. The van der Waals surface area contributed by atoms with Crippen molar-refractivity contribution >= 4 is 11.6 Å². The minimum absolute atomic E-state index is 0.134. The first kappa shape index (κ1) is 15.1. The molecule has 102 valence electrons. The van der Waals surface area contributed by atoms with Crippen LogP contribution < -0.4 is 11.1 Å². The van der Waals surface area contributed by atoms with Crippen LogP contribution in [0.4, 0.5) is 10.1 Å². The average Bonchev–Trinajstić information content (AvgIpc) is 2.39. The number of nitrogens with zero attached hydrogens (tertiary/aromatic N) is 1. The fraction of sp³-hybridized carbons (Fsp3) is 0.385. The lowest BCUT2D eigenvalue weighted by molar-refractivity contribution is -0.117. The molecule has 0 aliphatic heterocycles. The van der Waals surface area contributed by atoms with Crippen LogP contribution in [0.1, 0.15) is 18.4 Å². The maximum atomic E-state index is 13.3. The first-order valence-electron chi connectivity index (χ1n) is 5.84. The fourth-order valence-corrected chi connectivity index (χ4v) is 1.55. The van der Waals surface area contributed by atoms with Gasteiger partial charge in [-0.05, 0) is 25.0 Å². The molecule has 0 aliphatic carbocycles. The Morgan fingerprint density at radius 2 is 2.37 bits per heavy atom. The maximum Gasteiger partial charge on any atom is 0.241 e. The minimum atomic E-state index is -0.718. The quantitative estimate of drug-likeness (QED) is 0.761. The number of nitriles is 1. The number of nitrogens with one attached hydrogen (secondary N) is 1. The summed E-state index contributed by atoms with van der Waals surface area (Å²) in [5.41, 5.74) is 5.63. The van der Waals surface area contributed by atoms with Crippen LogP contribution >= 0.6 is 0 Å². The normalized spacial score (nSPS) is 11.7. The van der Waals surface area contributed by atoms with Gasteiger partial charge in [0, 0.05) is 13.7 Å². The Morgan fingerprint density at radius 3 is 3.00 bits per heavy atom. The second-order valence-electron chi connectivity index (χ2n) is 4.00.